The summed E-state index contributed by atoms with van der Waals surface area (Å²) in [4.78, 5) is 37.7. The standard InChI is InChI=1S/C19H15N3O6/c23-16-10-12-4-1-2-5-13(12)19(25)22(16)8-7-17(24)27-11-15-20-21-18(28-15)14-6-3-9-26-14/h1-6,9H,7-8,10-11H2. The van der Waals surface area contributed by atoms with E-state index in [2.05, 4.69) is 10.2 Å². The number of hydrogen-bond acceptors (Lipinski definition) is 8. The highest BCUT2D eigenvalue weighted by Crippen LogP contribution is 2.20. The SMILES string of the molecule is O=C(CCN1C(=O)Cc2ccccc2C1=O)OCc1nnc(-c2ccco2)o1. The van der Waals surface area contributed by atoms with Crippen LogP contribution in [0.2, 0.25) is 0 Å². The number of rotatable bonds is 6. The first kappa shape index (κ1) is 17.7. The molecule has 0 spiro atoms. The van der Waals surface area contributed by atoms with Crippen LogP contribution in [0, 0.1) is 0 Å². The Morgan fingerprint density at radius 1 is 1.14 bits per heavy atom. The summed E-state index contributed by atoms with van der Waals surface area (Å²) < 4.78 is 15.5. The number of imide groups is 1. The third-order valence-corrected chi connectivity index (χ3v) is 4.23. The van der Waals surface area contributed by atoms with Gasteiger partial charge in [-0.1, -0.05) is 18.2 Å². The Hall–Kier alpha value is -3.75. The zero-order valence-corrected chi connectivity index (χ0v) is 14.7. The van der Waals surface area contributed by atoms with Crippen LogP contribution in [-0.4, -0.2) is 39.4 Å². The Kier molecular flexibility index (Phi) is 4.71. The highest BCUT2D eigenvalue weighted by Gasteiger charge is 2.30. The maximum atomic E-state index is 12.4. The van der Waals surface area contributed by atoms with Gasteiger partial charge in [0.2, 0.25) is 5.91 Å². The Morgan fingerprint density at radius 3 is 2.82 bits per heavy atom. The lowest BCUT2D eigenvalue weighted by Crippen LogP contribution is -2.43. The maximum absolute atomic E-state index is 12.4. The monoisotopic (exact) mass is 381 g/mol. The lowest BCUT2D eigenvalue weighted by atomic mass is 9.98. The van der Waals surface area contributed by atoms with Crippen molar-refractivity contribution in [3.63, 3.8) is 0 Å². The number of fused-ring (bicyclic) bond motifs is 1. The molecule has 1 aliphatic heterocycles. The molecule has 3 heterocycles. The van der Waals surface area contributed by atoms with E-state index in [0.717, 1.165) is 4.90 Å². The lowest BCUT2D eigenvalue weighted by molar-refractivity contribution is -0.146. The Balaban J connectivity index is 1.30. The zero-order valence-electron chi connectivity index (χ0n) is 14.7. The molecule has 1 aliphatic rings. The molecule has 0 unspecified atom stereocenters. The summed E-state index contributed by atoms with van der Waals surface area (Å²) in [7, 11) is 0. The number of nitrogens with zero attached hydrogens (tertiary/aromatic N) is 3. The van der Waals surface area contributed by atoms with E-state index in [1.54, 1.807) is 36.4 Å². The van der Waals surface area contributed by atoms with Gasteiger partial charge in [-0.2, -0.15) is 0 Å². The summed E-state index contributed by atoms with van der Waals surface area (Å²) in [6.07, 6.45) is 1.48. The number of carbonyl (C=O) groups is 3. The first-order chi connectivity index (χ1) is 13.6. The van der Waals surface area contributed by atoms with E-state index in [1.165, 1.54) is 6.26 Å². The van der Waals surface area contributed by atoms with Gasteiger partial charge in [0.1, 0.15) is 0 Å². The van der Waals surface area contributed by atoms with Crippen LogP contribution >= 0.6 is 0 Å². The topological polar surface area (TPSA) is 116 Å². The van der Waals surface area contributed by atoms with Gasteiger partial charge in [-0.3, -0.25) is 19.3 Å². The smallest absolute Gasteiger partial charge is 0.308 e. The molecule has 1 aromatic carbocycles. The van der Waals surface area contributed by atoms with Crippen LogP contribution in [0.3, 0.4) is 0 Å². The van der Waals surface area contributed by atoms with Crippen molar-refractivity contribution >= 4 is 17.8 Å². The second kappa shape index (κ2) is 7.47. The molecule has 142 valence electrons. The van der Waals surface area contributed by atoms with E-state index in [-0.39, 0.29) is 43.7 Å². The normalized spacial score (nSPS) is 13.5. The molecule has 0 aliphatic carbocycles. The maximum Gasteiger partial charge on any atom is 0.308 e. The van der Waals surface area contributed by atoms with Gasteiger partial charge in [0.25, 0.3) is 17.7 Å². The van der Waals surface area contributed by atoms with E-state index < -0.39 is 11.9 Å². The van der Waals surface area contributed by atoms with Crippen molar-refractivity contribution in [1.29, 1.82) is 0 Å². The number of amides is 2. The van der Waals surface area contributed by atoms with Crippen LogP contribution in [0.5, 0.6) is 0 Å². The molecule has 0 saturated heterocycles. The minimum atomic E-state index is -0.586. The van der Waals surface area contributed by atoms with E-state index in [0.29, 0.717) is 16.9 Å². The zero-order chi connectivity index (χ0) is 19.5. The molecule has 0 bridgehead atoms. The lowest BCUT2D eigenvalue weighted by Gasteiger charge is -2.26. The van der Waals surface area contributed by atoms with Crippen LogP contribution in [-0.2, 0) is 27.4 Å². The number of esters is 1. The highest BCUT2D eigenvalue weighted by molar-refractivity contribution is 6.09. The molecule has 0 N–H and O–H groups in total. The predicted molar refractivity (Wildman–Crippen MR) is 92.6 cm³/mol. The molecule has 0 radical (unpaired) electrons. The van der Waals surface area contributed by atoms with Crippen molar-refractivity contribution in [2.24, 2.45) is 0 Å². The van der Waals surface area contributed by atoms with Crippen molar-refractivity contribution in [1.82, 2.24) is 15.1 Å². The fourth-order valence-corrected chi connectivity index (χ4v) is 2.86. The second-order valence-corrected chi connectivity index (χ2v) is 6.07. The van der Waals surface area contributed by atoms with Crippen LogP contribution in [0.15, 0.2) is 51.5 Å². The third-order valence-electron chi connectivity index (χ3n) is 4.23. The van der Waals surface area contributed by atoms with Crippen molar-refractivity contribution in [3.8, 4) is 11.7 Å². The van der Waals surface area contributed by atoms with E-state index in [9.17, 15) is 14.4 Å². The average Bonchev–Trinajstić information content (AvgIpc) is 3.38. The van der Waals surface area contributed by atoms with E-state index in [4.69, 9.17) is 13.6 Å². The van der Waals surface area contributed by atoms with Gasteiger partial charge in [0.05, 0.1) is 19.1 Å². The molecule has 0 fully saturated rings. The van der Waals surface area contributed by atoms with Crippen molar-refractivity contribution in [2.75, 3.05) is 6.54 Å². The van der Waals surface area contributed by atoms with E-state index in [1.807, 2.05) is 0 Å². The van der Waals surface area contributed by atoms with Gasteiger partial charge in [-0.25, -0.2) is 0 Å². The molecule has 3 aromatic rings. The molecular formula is C19H15N3O6. The molecule has 2 amide bonds. The average molecular weight is 381 g/mol. The van der Waals surface area contributed by atoms with Gasteiger partial charge in [0, 0.05) is 12.1 Å². The minimum Gasteiger partial charge on any atom is -0.459 e. The van der Waals surface area contributed by atoms with Gasteiger partial charge in [0.15, 0.2) is 12.4 Å². The number of aromatic nitrogens is 2. The summed E-state index contributed by atoms with van der Waals surface area (Å²) in [6.45, 7) is -0.260. The van der Waals surface area contributed by atoms with Gasteiger partial charge in [-0.15, -0.1) is 10.2 Å². The number of furan rings is 1. The number of benzene rings is 1. The number of hydrogen-bond donors (Lipinski definition) is 0. The Morgan fingerprint density at radius 2 is 2.00 bits per heavy atom. The first-order valence-corrected chi connectivity index (χ1v) is 8.56. The molecule has 9 heteroatoms. The molecule has 2 aromatic heterocycles. The van der Waals surface area contributed by atoms with Crippen molar-refractivity contribution < 1.29 is 28.0 Å². The molecule has 0 saturated carbocycles. The third kappa shape index (κ3) is 3.54. The second-order valence-electron chi connectivity index (χ2n) is 6.07. The Labute approximate surface area is 158 Å². The molecule has 9 nitrogen and oxygen atoms in total. The van der Waals surface area contributed by atoms with Crippen LogP contribution in [0.1, 0.15) is 28.2 Å². The number of carbonyl (C=O) groups excluding carboxylic acids is 3. The predicted octanol–water partition coefficient (Wildman–Crippen LogP) is 1.99. The molecule has 4 rings (SSSR count). The summed E-state index contributed by atoms with van der Waals surface area (Å²) in [6, 6.07) is 10.3. The summed E-state index contributed by atoms with van der Waals surface area (Å²) >= 11 is 0. The van der Waals surface area contributed by atoms with Gasteiger partial charge < -0.3 is 13.6 Å². The Bertz CT molecular complexity index is 1020. The van der Waals surface area contributed by atoms with Gasteiger partial charge >= 0.3 is 5.97 Å². The summed E-state index contributed by atoms with van der Waals surface area (Å²) in [5, 5.41) is 7.57. The van der Waals surface area contributed by atoms with Crippen molar-refractivity contribution in [2.45, 2.75) is 19.4 Å². The quantitative estimate of drug-likeness (QED) is 0.470. The molecular weight excluding hydrogens is 366 g/mol. The van der Waals surface area contributed by atoms with E-state index >= 15 is 0 Å². The van der Waals surface area contributed by atoms with Crippen LogP contribution in [0.4, 0.5) is 0 Å². The van der Waals surface area contributed by atoms with Crippen LogP contribution in [0.25, 0.3) is 11.7 Å². The van der Waals surface area contributed by atoms with Crippen LogP contribution < -0.4 is 0 Å². The number of ether oxygens (including phenoxy) is 1. The molecule has 0 atom stereocenters. The first-order valence-electron chi connectivity index (χ1n) is 8.56. The summed E-state index contributed by atoms with van der Waals surface area (Å²) in [5.41, 5.74) is 1.17. The summed E-state index contributed by atoms with van der Waals surface area (Å²) in [5.74, 6) is -0.626. The largest absolute Gasteiger partial charge is 0.459 e. The minimum absolute atomic E-state index is 0.0493. The van der Waals surface area contributed by atoms with Gasteiger partial charge in [-0.05, 0) is 23.8 Å². The van der Waals surface area contributed by atoms with Crippen molar-refractivity contribution in [3.05, 3.63) is 59.7 Å². The highest BCUT2D eigenvalue weighted by atomic mass is 16.5. The molecule has 28 heavy (non-hydrogen) atoms. The fourth-order valence-electron chi connectivity index (χ4n) is 2.86. The fraction of sp³-hybridized carbons (Fsp3) is 0.211.